The lowest BCUT2D eigenvalue weighted by atomic mass is 10.1. The molecule has 0 saturated carbocycles. The van der Waals surface area contributed by atoms with Crippen LogP contribution in [0.4, 0.5) is 28.8 Å². The molecule has 0 spiro atoms. The Kier molecular flexibility index (Phi) is 5.39. The molecule has 28 heavy (non-hydrogen) atoms. The van der Waals surface area contributed by atoms with Gasteiger partial charge in [-0.1, -0.05) is 29.8 Å². The lowest BCUT2D eigenvalue weighted by molar-refractivity contribution is 0.123. The summed E-state index contributed by atoms with van der Waals surface area (Å²) in [6, 6.07) is 16.4. The summed E-state index contributed by atoms with van der Waals surface area (Å²) in [6.07, 6.45) is 1.76. The molecular weight excluding hydrogens is 350 g/mol. The number of aryl methyl sites for hydroxylation is 2. The van der Waals surface area contributed by atoms with Gasteiger partial charge in [0, 0.05) is 25.0 Å². The summed E-state index contributed by atoms with van der Waals surface area (Å²) in [5.74, 6) is 1.32. The van der Waals surface area contributed by atoms with Gasteiger partial charge in [0.15, 0.2) is 0 Å². The van der Waals surface area contributed by atoms with Crippen molar-refractivity contribution in [3.05, 3.63) is 65.9 Å². The third-order valence-corrected chi connectivity index (χ3v) is 4.80. The first-order valence-corrected chi connectivity index (χ1v) is 9.55. The highest BCUT2D eigenvalue weighted by Gasteiger charge is 2.15. The second-order valence-corrected chi connectivity index (χ2v) is 6.95. The molecule has 6 heteroatoms. The second kappa shape index (κ2) is 8.27. The lowest BCUT2D eigenvalue weighted by Crippen LogP contribution is -2.36. The molecule has 1 aliphatic heterocycles. The Balaban J connectivity index is 1.54. The largest absolute Gasteiger partial charge is 0.378 e. The Morgan fingerprint density at radius 2 is 1.75 bits per heavy atom. The van der Waals surface area contributed by atoms with E-state index in [0.717, 1.165) is 49.2 Å². The van der Waals surface area contributed by atoms with Crippen molar-refractivity contribution in [2.45, 2.75) is 13.8 Å². The van der Waals surface area contributed by atoms with Crippen LogP contribution < -0.4 is 15.5 Å². The predicted molar refractivity (Wildman–Crippen MR) is 114 cm³/mol. The number of hydrogen-bond acceptors (Lipinski definition) is 6. The molecule has 1 aliphatic rings. The molecule has 0 radical (unpaired) electrons. The van der Waals surface area contributed by atoms with Gasteiger partial charge in [-0.2, -0.15) is 4.98 Å². The molecule has 0 unspecified atom stereocenters. The predicted octanol–water partition coefficient (Wildman–Crippen LogP) is 4.42. The van der Waals surface area contributed by atoms with Gasteiger partial charge in [0.2, 0.25) is 5.95 Å². The van der Waals surface area contributed by atoms with Gasteiger partial charge in [0.25, 0.3) is 0 Å². The average Bonchev–Trinajstić information content (AvgIpc) is 2.72. The van der Waals surface area contributed by atoms with Crippen LogP contribution in [0.3, 0.4) is 0 Å². The van der Waals surface area contributed by atoms with Crippen molar-refractivity contribution in [2.75, 3.05) is 41.8 Å². The SMILES string of the molecule is Cc1ccc(Nc2ccnc(Nc3ccccc3N3CCOCC3)n2)c(C)c1. The molecular formula is C22H25N5O. The van der Waals surface area contributed by atoms with E-state index in [4.69, 9.17) is 4.74 Å². The van der Waals surface area contributed by atoms with Crippen molar-refractivity contribution in [3.63, 3.8) is 0 Å². The fraction of sp³-hybridized carbons (Fsp3) is 0.273. The zero-order valence-electron chi connectivity index (χ0n) is 16.3. The van der Waals surface area contributed by atoms with Crippen molar-refractivity contribution in [1.82, 2.24) is 9.97 Å². The molecule has 4 rings (SSSR count). The van der Waals surface area contributed by atoms with E-state index in [1.807, 2.05) is 12.1 Å². The Morgan fingerprint density at radius 1 is 0.929 bits per heavy atom. The number of nitrogens with zero attached hydrogens (tertiary/aromatic N) is 3. The smallest absolute Gasteiger partial charge is 0.229 e. The number of aromatic nitrogens is 2. The minimum Gasteiger partial charge on any atom is -0.378 e. The first kappa shape index (κ1) is 18.3. The Hall–Kier alpha value is -3.12. The third kappa shape index (κ3) is 4.23. The van der Waals surface area contributed by atoms with E-state index < -0.39 is 0 Å². The van der Waals surface area contributed by atoms with E-state index in [1.165, 1.54) is 11.1 Å². The lowest BCUT2D eigenvalue weighted by Gasteiger charge is -2.30. The van der Waals surface area contributed by atoms with Gasteiger partial charge >= 0.3 is 0 Å². The van der Waals surface area contributed by atoms with Gasteiger partial charge < -0.3 is 20.3 Å². The molecule has 0 atom stereocenters. The van der Waals surface area contributed by atoms with Crippen molar-refractivity contribution >= 4 is 28.8 Å². The highest BCUT2D eigenvalue weighted by molar-refractivity contribution is 5.74. The molecule has 2 N–H and O–H groups in total. The second-order valence-electron chi connectivity index (χ2n) is 6.95. The number of benzene rings is 2. The summed E-state index contributed by atoms with van der Waals surface area (Å²) in [5, 5.41) is 6.76. The van der Waals surface area contributed by atoms with E-state index in [2.05, 4.69) is 75.7 Å². The normalized spacial score (nSPS) is 14.0. The van der Waals surface area contributed by atoms with E-state index in [-0.39, 0.29) is 0 Å². The summed E-state index contributed by atoms with van der Waals surface area (Å²) in [5.41, 5.74) is 5.61. The molecule has 1 aromatic heterocycles. The minimum atomic E-state index is 0.565. The molecule has 3 aromatic rings. The summed E-state index contributed by atoms with van der Waals surface area (Å²) in [6.45, 7) is 7.45. The molecule has 2 heterocycles. The van der Waals surface area contributed by atoms with Crippen LogP contribution in [-0.2, 0) is 4.74 Å². The summed E-state index contributed by atoms with van der Waals surface area (Å²) in [7, 11) is 0. The molecule has 0 amide bonds. The topological polar surface area (TPSA) is 62.3 Å². The van der Waals surface area contributed by atoms with Crippen molar-refractivity contribution in [2.24, 2.45) is 0 Å². The first-order valence-electron chi connectivity index (χ1n) is 9.55. The van der Waals surface area contributed by atoms with Crippen molar-refractivity contribution in [1.29, 1.82) is 0 Å². The number of hydrogen-bond donors (Lipinski definition) is 2. The van der Waals surface area contributed by atoms with Crippen LogP contribution in [0.25, 0.3) is 0 Å². The standard InChI is InChI=1S/C22H25N5O/c1-16-7-8-18(17(2)15-16)24-21-9-10-23-22(26-21)25-19-5-3-4-6-20(19)27-11-13-28-14-12-27/h3-10,15H,11-14H2,1-2H3,(H2,23,24,25,26). The number of morpholine rings is 1. The number of anilines is 5. The molecule has 0 aliphatic carbocycles. The van der Waals surface area contributed by atoms with Crippen molar-refractivity contribution < 1.29 is 4.74 Å². The van der Waals surface area contributed by atoms with E-state index in [1.54, 1.807) is 6.20 Å². The van der Waals surface area contributed by atoms with Crippen LogP contribution in [0.15, 0.2) is 54.7 Å². The highest BCUT2D eigenvalue weighted by atomic mass is 16.5. The molecule has 1 saturated heterocycles. The van der Waals surface area contributed by atoms with E-state index in [0.29, 0.717) is 5.95 Å². The fourth-order valence-electron chi connectivity index (χ4n) is 3.36. The fourth-order valence-corrected chi connectivity index (χ4v) is 3.36. The number of ether oxygens (including phenoxy) is 1. The van der Waals surface area contributed by atoms with Crippen LogP contribution >= 0.6 is 0 Å². The quantitative estimate of drug-likeness (QED) is 0.688. The van der Waals surface area contributed by atoms with Gasteiger partial charge in [-0.3, -0.25) is 0 Å². The average molecular weight is 375 g/mol. The van der Waals surface area contributed by atoms with Crippen LogP contribution in [0.5, 0.6) is 0 Å². The third-order valence-electron chi connectivity index (χ3n) is 4.80. The monoisotopic (exact) mass is 375 g/mol. The molecule has 2 aromatic carbocycles. The number of rotatable bonds is 5. The molecule has 6 nitrogen and oxygen atoms in total. The highest BCUT2D eigenvalue weighted by Crippen LogP contribution is 2.29. The zero-order valence-corrected chi connectivity index (χ0v) is 16.3. The van der Waals surface area contributed by atoms with Gasteiger partial charge in [0.1, 0.15) is 5.82 Å². The van der Waals surface area contributed by atoms with Crippen LogP contribution in [0.2, 0.25) is 0 Å². The molecule has 1 fully saturated rings. The number of nitrogens with one attached hydrogen (secondary N) is 2. The summed E-state index contributed by atoms with van der Waals surface area (Å²) < 4.78 is 5.47. The zero-order chi connectivity index (χ0) is 19.3. The van der Waals surface area contributed by atoms with E-state index in [9.17, 15) is 0 Å². The van der Waals surface area contributed by atoms with E-state index >= 15 is 0 Å². The minimum absolute atomic E-state index is 0.565. The maximum Gasteiger partial charge on any atom is 0.229 e. The Bertz CT molecular complexity index is 953. The Morgan fingerprint density at radius 3 is 2.57 bits per heavy atom. The van der Waals surface area contributed by atoms with Crippen LogP contribution in [0, 0.1) is 13.8 Å². The van der Waals surface area contributed by atoms with Gasteiger partial charge in [-0.15, -0.1) is 0 Å². The molecule has 144 valence electrons. The maximum absolute atomic E-state index is 5.47. The van der Waals surface area contributed by atoms with Crippen molar-refractivity contribution in [3.8, 4) is 0 Å². The summed E-state index contributed by atoms with van der Waals surface area (Å²) in [4.78, 5) is 11.4. The Labute approximate surface area is 165 Å². The summed E-state index contributed by atoms with van der Waals surface area (Å²) >= 11 is 0. The van der Waals surface area contributed by atoms with Crippen LogP contribution in [0.1, 0.15) is 11.1 Å². The molecule has 0 bridgehead atoms. The van der Waals surface area contributed by atoms with Gasteiger partial charge in [0.05, 0.1) is 24.6 Å². The van der Waals surface area contributed by atoms with Gasteiger partial charge in [-0.05, 0) is 43.7 Å². The maximum atomic E-state index is 5.47. The number of para-hydroxylation sites is 2. The van der Waals surface area contributed by atoms with Crippen LogP contribution in [-0.4, -0.2) is 36.3 Å². The van der Waals surface area contributed by atoms with Gasteiger partial charge in [-0.25, -0.2) is 4.98 Å². The first-order chi connectivity index (χ1) is 13.7.